The minimum Gasteiger partial charge on any atom is -0.385 e. The normalized spacial score (nSPS) is 19.3. The van der Waals surface area contributed by atoms with Crippen LogP contribution >= 0.6 is 0 Å². The molecule has 1 aromatic carbocycles. The molecule has 21 heavy (non-hydrogen) atoms. The molecule has 0 N–H and O–H groups in total. The van der Waals surface area contributed by atoms with Crippen molar-refractivity contribution in [3.8, 4) is 0 Å². The molecule has 0 saturated carbocycles. The summed E-state index contributed by atoms with van der Waals surface area (Å²) in [4.78, 5) is 15.2. The molecule has 1 unspecified atom stereocenters. The van der Waals surface area contributed by atoms with Crippen LogP contribution in [0.25, 0.3) is 5.57 Å². The van der Waals surface area contributed by atoms with Crippen LogP contribution in [0.5, 0.6) is 0 Å². The molecule has 0 bridgehead atoms. The number of allylic oxidation sites excluding steroid dienone is 3. The Morgan fingerprint density at radius 1 is 1.48 bits per heavy atom. The summed E-state index contributed by atoms with van der Waals surface area (Å²) < 4.78 is 18.5. The fourth-order valence-corrected chi connectivity index (χ4v) is 2.68. The van der Waals surface area contributed by atoms with Crippen LogP contribution in [0, 0.1) is 21.8 Å². The Hall–Kier alpha value is -2.34. The molecule has 1 aromatic rings. The van der Waals surface area contributed by atoms with Gasteiger partial charge in [-0.15, -0.1) is 0 Å². The fourth-order valence-electron chi connectivity index (χ4n) is 2.68. The van der Waals surface area contributed by atoms with Crippen molar-refractivity contribution in [3.05, 3.63) is 57.5 Å². The molecule has 1 aliphatic heterocycles. The lowest BCUT2D eigenvalue weighted by Crippen LogP contribution is -2.20. The van der Waals surface area contributed by atoms with Crippen LogP contribution in [0.1, 0.15) is 12.0 Å². The number of methoxy groups -OCH3 is 1. The molecule has 5 nitrogen and oxygen atoms in total. The van der Waals surface area contributed by atoms with E-state index in [2.05, 4.69) is 4.99 Å². The molecule has 2 aliphatic rings. The Balaban J connectivity index is 2.12. The Labute approximate surface area is 120 Å². The van der Waals surface area contributed by atoms with E-state index in [1.54, 1.807) is 19.3 Å². The number of ether oxygens (including phenoxy) is 1. The number of nitro groups is 1. The van der Waals surface area contributed by atoms with E-state index in [0.29, 0.717) is 35.6 Å². The first-order valence-electron chi connectivity index (χ1n) is 6.56. The molecule has 0 fully saturated rings. The van der Waals surface area contributed by atoms with Crippen LogP contribution < -0.4 is 0 Å². The molecule has 1 heterocycles. The van der Waals surface area contributed by atoms with Gasteiger partial charge in [-0.1, -0.05) is 6.08 Å². The van der Waals surface area contributed by atoms with Crippen LogP contribution in [0.2, 0.25) is 0 Å². The van der Waals surface area contributed by atoms with E-state index < -0.39 is 10.7 Å². The van der Waals surface area contributed by atoms with Crippen LogP contribution in [-0.2, 0) is 4.74 Å². The maximum atomic E-state index is 13.5. The van der Waals surface area contributed by atoms with Gasteiger partial charge in [0, 0.05) is 31.3 Å². The van der Waals surface area contributed by atoms with Gasteiger partial charge in [0.15, 0.2) is 0 Å². The zero-order valence-corrected chi connectivity index (χ0v) is 11.4. The first kappa shape index (κ1) is 13.6. The molecule has 0 spiro atoms. The van der Waals surface area contributed by atoms with Crippen molar-refractivity contribution in [1.82, 2.24) is 0 Å². The zero-order chi connectivity index (χ0) is 15.0. The summed E-state index contributed by atoms with van der Waals surface area (Å²) in [6.07, 6.45) is 3.92. The van der Waals surface area contributed by atoms with Gasteiger partial charge in [-0.2, -0.15) is 0 Å². The molecule has 3 rings (SSSR count). The van der Waals surface area contributed by atoms with Crippen molar-refractivity contribution in [3.63, 3.8) is 0 Å². The molecule has 6 heteroatoms. The van der Waals surface area contributed by atoms with Crippen LogP contribution in [0.15, 0.2) is 41.0 Å². The second kappa shape index (κ2) is 5.21. The summed E-state index contributed by atoms with van der Waals surface area (Å²) in [6, 6.07) is 4.16. The van der Waals surface area contributed by atoms with Crippen LogP contribution in [0.3, 0.4) is 0 Å². The van der Waals surface area contributed by atoms with Gasteiger partial charge in [-0.3, -0.25) is 15.1 Å². The second-order valence-electron chi connectivity index (χ2n) is 4.92. The Bertz CT molecular complexity index is 707. The minimum atomic E-state index is -0.450. The second-order valence-corrected chi connectivity index (χ2v) is 4.92. The van der Waals surface area contributed by atoms with E-state index in [1.807, 2.05) is 0 Å². The van der Waals surface area contributed by atoms with Gasteiger partial charge in [0.1, 0.15) is 5.82 Å². The third-order valence-electron chi connectivity index (χ3n) is 3.65. The number of nitrogens with zero attached hydrogens (tertiary/aromatic N) is 2. The highest BCUT2D eigenvalue weighted by Gasteiger charge is 2.35. The van der Waals surface area contributed by atoms with Gasteiger partial charge in [0.05, 0.1) is 21.9 Å². The lowest BCUT2D eigenvalue weighted by atomic mass is 9.86. The van der Waals surface area contributed by atoms with E-state index in [0.717, 1.165) is 0 Å². The number of aliphatic imine (C=N–C) groups is 1. The topological polar surface area (TPSA) is 64.7 Å². The molecule has 1 atom stereocenters. The van der Waals surface area contributed by atoms with Crippen molar-refractivity contribution in [2.45, 2.75) is 6.42 Å². The standard InChI is InChI=1S/C15H13FN2O3/c1-21-7-6-9-2-5-13(18(19)20)14-11-8-10(16)3-4-12(11)17-15(9)14/h2-5,8-9H,6-7H2,1H3. The highest BCUT2D eigenvalue weighted by Crippen LogP contribution is 2.42. The SMILES string of the molecule is COCCC1C=CC([N+](=O)[O-])=C2C1=Nc1ccc(F)cc12. The van der Waals surface area contributed by atoms with Gasteiger partial charge in [0.2, 0.25) is 0 Å². The lowest BCUT2D eigenvalue weighted by molar-refractivity contribution is -0.417. The van der Waals surface area contributed by atoms with E-state index >= 15 is 0 Å². The summed E-state index contributed by atoms with van der Waals surface area (Å²) in [5.41, 5.74) is 2.09. The highest BCUT2D eigenvalue weighted by atomic mass is 19.1. The Morgan fingerprint density at radius 3 is 3.00 bits per heavy atom. The molecular formula is C15H13FN2O3. The average Bonchev–Trinajstić information content (AvgIpc) is 2.83. The number of halogens is 1. The first-order chi connectivity index (χ1) is 10.1. The van der Waals surface area contributed by atoms with Gasteiger partial charge < -0.3 is 4.74 Å². The molecule has 0 amide bonds. The van der Waals surface area contributed by atoms with Gasteiger partial charge in [-0.05, 0) is 24.6 Å². The van der Waals surface area contributed by atoms with Crippen molar-refractivity contribution >= 4 is 17.0 Å². The summed E-state index contributed by atoms with van der Waals surface area (Å²) in [7, 11) is 1.60. The monoisotopic (exact) mass is 288 g/mol. The summed E-state index contributed by atoms with van der Waals surface area (Å²) in [6.45, 7) is 0.528. The molecule has 1 aliphatic carbocycles. The van der Waals surface area contributed by atoms with E-state index in [-0.39, 0.29) is 11.6 Å². The first-order valence-corrected chi connectivity index (χ1v) is 6.56. The van der Waals surface area contributed by atoms with Crippen molar-refractivity contribution in [2.24, 2.45) is 10.9 Å². The van der Waals surface area contributed by atoms with E-state index in [9.17, 15) is 14.5 Å². The third-order valence-corrected chi connectivity index (χ3v) is 3.65. The van der Waals surface area contributed by atoms with Crippen molar-refractivity contribution in [2.75, 3.05) is 13.7 Å². The van der Waals surface area contributed by atoms with Gasteiger partial charge >= 0.3 is 0 Å². The average molecular weight is 288 g/mol. The quantitative estimate of drug-likeness (QED) is 0.631. The third kappa shape index (κ3) is 2.27. The summed E-state index contributed by atoms with van der Waals surface area (Å²) >= 11 is 0. The molecular weight excluding hydrogens is 275 g/mol. The molecule has 108 valence electrons. The summed E-state index contributed by atoms with van der Waals surface area (Å²) in [5, 5.41) is 11.2. The Morgan fingerprint density at radius 2 is 2.29 bits per heavy atom. The maximum Gasteiger partial charge on any atom is 0.278 e. The number of benzene rings is 1. The molecule has 0 aromatic heterocycles. The van der Waals surface area contributed by atoms with Crippen molar-refractivity contribution in [1.29, 1.82) is 0 Å². The van der Waals surface area contributed by atoms with Gasteiger partial charge in [-0.25, -0.2) is 4.39 Å². The van der Waals surface area contributed by atoms with E-state index in [4.69, 9.17) is 4.74 Å². The van der Waals surface area contributed by atoms with Gasteiger partial charge in [0.25, 0.3) is 5.70 Å². The predicted molar refractivity (Wildman–Crippen MR) is 76.5 cm³/mol. The number of rotatable bonds is 4. The molecule has 0 saturated heterocycles. The Kier molecular flexibility index (Phi) is 3.39. The minimum absolute atomic E-state index is 0.0354. The largest absolute Gasteiger partial charge is 0.385 e. The number of hydrogen-bond acceptors (Lipinski definition) is 4. The smallest absolute Gasteiger partial charge is 0.278 e. The summed E-state index contributed by atoms with van der Waals surface area (Å²) in [5.74, 6) is -0.484. The number of hydrogen-bond donors (Lipinski definition) is 0. The lowest BCUT2D eigenvalue weighted by Gasteiger charge is -2.17. The number of fused-ring (bicyclic) bond motifs is 3. The van der Waals surface area contributed by atoms with Crippen LogP contribution in [0.4, 0.5) is 10.1 Å². The highest BCUT2D eigenvalue weighted by molar-refractivity contribution is 6.31. The van der Waals surface area contributed by atoms with E-state index in [1.165, 1.54) is 18.2 Å². The predicted octanol–water partition coefficient (Wildman–Crippen LogP) is 3.12. The van der Waals surface area contributed by atoms with Crippen LogP contribution in [-0.4, -0.2) is 24.4 Å². The molecule has 0 radical (unpaired) electrons. The maximum absolute atomic E-state index is 13.5. The van der Waals surface area contributed by atoms with Crippen molar-refractivity contribution < 1.29 is 14.1 Å². The zero-order valence-electron chi connectivity index (χ0n) is 11.4. The fraction of sp³-hybridized carbons (Fsp3) is 0.267.